The monoisotopic (exact) mass is 535 g/mol. The molecule has 0 unspecified atom stereocenters. The van der Waals surface area contributed by atoms with Crippen LogP contribution in [0.25, 0.3) is 0 Å². The van der Waals surface area contributed by atoms with Crippen molar-refractivity contribution in [2.24, 2.45) is 0 Å². The molecular formula is C31H37NO7. The number of benzene rings is 2. The van der Waals surface area contributed by atoms with Gasteiger partial charge in [-0.1, -0.05) is 35.4 Å². The Labute approximate surface area is 228 Å². The third kappa shape index (κ3) is 5.81. The van der Waals surface area contributed by atoms with E-state index in [0.29, 0.717) is 29.7 Å². The van der Waals surface area contributed by atoms with Gasteiger partial charge in [0.1, 0.15) is 22.8 Å². The van der Waals surface area contributed by atoms with E-state index in [9.17, 15) is 30.0 Å². The number of aromatic hydroxyl groups is 2. The number of carboxylic acid groups (broad SMARTS) is 1. The topological polar surface area (TPSA) is 128 Å². The number of aliphatic hydroxyl groups excluding tert-OH is 1. The molecule has 3 atom stereocenters. The van der Waals surface area contributed by atoms with Crippen molar-refractivity contribution in [3.05, 3.63) is 75.9 Å². The second-order valence-electron chi connectivity index (χ2n) is 11.0. The van der Waals surface area contributed by atoms with Crippen molar-refractivity contribution >= 4 is 11.9 Å². The number of carboxylic acids is 1. The van der Waals surface area contributed by atoms with Crippen molar-refractivity contribution in [2.45, 2.75) is 84.1 Å². The molecule has 4 rings (SSSR count). The van der Waals surface area contributed by atoms with Crippen LogP contribution in [0.2, 0.25) is 0 Å². The third-order valence-electron chi connectivity index (χ3n) is 7.68. The molecule has 208 valence electrons. The maximum Gasteiger partial charge on any atom is 0.331 e. The molecule has 1 amide bonds. The Morgan fingerprint density at radius 3 is 2.56 bits per heavy atom. The first-order valence-corrected chi connectivity index (χ1v) is 13.3. The number of hydrogen-bond acceptors (Lipinski definition) is 6. The van der Waals surface area contributed by atoms with Crippen LogP contribution in [0.4, 0.5) is 0 Å². The van der Waals surface area contributed by atoms with E-state index in [1.54, 1.807) is 6.07 Å². The van der Waals surface area contributed by atoms with Gasteiger partial charge in [0.25, 0.3) is 5.91 Å². The first-order valence-electron chi connectivity index (χ1n) is 13.3. The average Bonchev–Trinajstić information content (AvgIpc) is 3.16. The van der Waals surface area contributed by atoms with Gasteiger partial charge in [0.15, 0.2) is 6.04 Å². The van der Waals surface area contributed by atoms with Crippen LogP contribution in [0.15, 0.2) is 53.6 Å². The first kappa shape index (κ1) is 28.2. The van der Waals surface area contributed by atoms with Gasteiger partial charge in [-0.3, -0.25) is 4.79 Å². The van der Waals surface area contributed by atoms with Crippen LogP contribution in [0, 0.1) is 0 Å². The van der Waals surface area contributed by atoms with Gasteiger partial charge in [0.2, 0.25) is 0 Å². The number of amides is 1. The van der Waals surface area contributed by atoms with Crippen molar-refractivity contribution in [3.63, 3.8) is 0 Å². The summed E-state index contributed by atoms with van der Waals surface area (Å²) < 4.78 is 6.40. The van der Waals surface area contributed by atoms with Gasteiger partial charge in [-0.15, -0.1) is 0 Å². The Bertz CT molecular complexity index is 1340. The molecule has 0 saturated heterocycles. The van der Waals surface area contributed by atoms with E-state index in [4.69, 9.17) is 4.74 Å². The SMILES string of the molecule is CC(C)=CCC/C(C)=C/CC[C@]1(C)Oc2c(c(O)cc3c2CN([C@H](C(=O)O)c2cccc(O)c2)C3=O)C[C@@H]1O. The summed E-state index contributed by atoms with van der Waals surface area (Å²) in [5.41, 5.74) is 2.92. The number of allylic oxidation sites excluding steroid dienone is 4. The normalized spacial score (nSPS) is 21.2. The van der Waals surface area contributed by atoms with E-state index < -0.39 is 29.6 Å². The first-order chi connectivity index (χ1) is 18.4. The molecule has 8 heteroatoms. The van der Waals surface area contributed by atoms with E-state index in [1.807, 2.05) is 6.92 Å². The molecule has 4 N–H and O–H groups in total. The lowest BCUT2D eigenvalue weighted by molar-refractivity contribution is -0.142. The smallest absolute Gasteiger partial charge is 0.331 e. The Kier molecular flexibility index (Phi) is 8.07. The predicted molar refractivity (Wildman–Crippen MR) is 147 cm³/mol. The van der Waals surface area contributed by atoms with E-state index in [-0.39, 0.29) is 35.6 Å². The number of ether oxygens (including phenoxy) is 1. The Hall–Kier alpha value is -3.78. The second-order valence-corrected chi connectivity index (χ2v) is 11.0. The molecule has 0 spiro atoms. The van der Waals surface area contributed by atoms with Gasteiger partial charge in [-0.2, -0.15) is 0 Å². The fourth-order valence-electron chi connectivity index (χ4n) is 5.38. The minimum absolute atomic E-state index is 0.0427. The van der Waals surface area contributed by atoms with Crippen molar-refractivity contribution in [2.75, 3.05) is 0 Å². The molecule has 0 saturated carbocycles. The maximum atomic E-state index is 13.4. The summed E-state index contributed by atoms with van der Waals surface area (Å²) in [5.74, 6) is -1.73. The number of aliphatic carboxylic acids is 1. The molecule has 2 heterocycles. The van der Waals surface area contributed by atoms with E-state index >= 15 is 0 Å². The number of fused-ring (bicyclic) bond motifs is 3. The molecule has 8 nitrogen and oxygen atoms in total. The molecule has 2 aliphatic rings. The minimum atomic E-state index is -1.34. The number of aliphatic hydroxyl groups is 1. The van der Waals surface area contributed by atoms with Crippen LogP contribution in [0.5, 0.6) is 17.2 Å². The molecule has 2 aromatic rings. The van der Waals surface area contributed by atoms with Crippen LogP contribution in [-0.2, 0) is 17.8 Å². The zero-order chi connectivity index (χ0) is 28.5. The molecule has 0 fully saturated rings. The molecule has 0 aliphatic carbocycles. The highest BCUT2D eigenvalue weighted by Gasteiger charge is 2.46. The van der Waals surface area contributed by atoms with Crippen molar-refractivity contribution in [3.8, 4) is 17.2 Å². The molecule has 0 aromatic heterocycles. The molecular weight excluding hydrogens is 498 g/mol. The van der Waals surface area contributed by atoms with Gasteiger partial charge < -0.3 is 30.1 Å². The van der Waals surface area contributed by atoms with Gasteiger partial charge in [0.05, 0.1) is 18.2 Å². The summed E-state index contributed by atoms with van der Waals surface area (Å²) in [7, 11) is 0. The van der Waals surface area contributed by atoms with E-state index in [2.05, 4.69) is 32.9 Å². The standard InChI is InChI=1S/C31H37NO7/c1-18(2)8-5-9-19(3)10-7-13-31(4)26(35)16-23-25(34)15-22-24(28(23)39-31)17-32(29(22)36)27(30(37)38)20-11-6-12-21(33)14-20/h6,8,10-12,14-15,26-27,33-35H,5,7,9,13,16-17H2,1-4H3,(H,37,38)/b19-10+/t26-,27-,31-/m0/s1. The molecule has 2 aromatic carbocycles. The predicted octanol–water partition coefficient (Wildman–Crippen LogP) is 5.41. The van der Waals surface area contributed by atoms with E-state index in [1.165, 1.54) is 40.3 Å². The Morgan fingerprint density at radius 2 is 1.90 bits per heavy atom. The highest BCUT2D eigenvalue weighted by atomic mass is 16.5. The maximum absolute atomic E-state index is 13.4. The lowest BCUT2D eigenvalue weighted by atomic mass is 9.84. The highest BCUT2D eigenvalue weighted by molar-refractivity contribution is 6.02. The summed E-state index contributed by atoms with van der Waals surface area (Å²) in [6.07, 6.45) is 6.78. The van der Waals surface area contributed by atoms with Crippen LogP contribution < -0.4 is 4.74 Å². The lowest BCUT2D eigenvalue weighted by Crippen LogP contribution is -2.49. The Morgan fingerprint density at radius 1 is 1.15 bits per heavy atom. The number of hydrogen-bond donors (Lipinski definition) is 4. The number of phenols is 2. The Balaban J connectivity index is 1.60. The van der Waals surface area contributed by atoms with Crippen LogP contribution >= 0.6 is 0 Å². The molecule has 2 aliphatic heterocycles. The zero-order valence-electron chi connectivity index (χ0n) is 22.9. The second kappa shape index (κ2) is 11.1. The minimum Gasteiger partial charge on any atom is -0.508 e. The zero-order valence-corrected chi connectivity index (χ0v) is 22.9. The van der Waals surface area contributed by atoms with Crippen molar-refractivity contribution in [1.82, 2.24) is 4.90 Å². The summed E-state index contributed by atoms with van der Waals surface area (Å²) in [4.78, 5) is 26.9. The van der Waals surface area contributed by atoms with Crippen LogP contribution in [0.1, 0.15) is 86.5 Å². The number of carbonyl (C=O) groups is 2. The summed E-state index contributed by atoms with van der Waals surface area (Å²) in [6, 6.07) is 5.80. The molecule has 0 radical (unpaired) electrons. The van der Waals surface area contributed by atoms with Crippen LogP contribution in [-0.4, -0.2) is 48.9 Å². The third-order valence-corrected chi connectivity index (χ3v) is 7.68. The number of carbonyl (C=O) groups excluding carboxylic acids is 1. The number of rotatable bonds is 9. The fraction of sp³-hybridized carbons (Fsp3) is 0.419. The van der Waals surface area contributed by atoms with E-state index in [0.717, 1.165) is 12.8 Å². The summed E-state index contributed by atoms with van der Waals surface area (Å²) >= 11 is 0. The lowest BCUT2D eigenvalue weighted by Gasteiger charge is -2.41. The van der Waals surface area contributed by atoms with Gasteiger partial charge in [0, 0.05) is 17.5 Å². The largest absolute Gasteiger partial charge is 0.508 e. The summed E-state index contributed by atoms with van der Waals surface area (Å²) in [6.45, 7) is 8.03. The number of phenolic OH excluding ortho intramolecular Hbond substituents is 2. The van der Waals surface area contributed by atoms with Crippen molar-refractivity contribution in [1.29, 1.82) is 0 Å². The quantitative estimate of drug-likeness (QED) is 0.316. The number of nitrogens with zero attached hydrogens (tertiary/aromatic N) is 1. The highest BCUT2D eigenvalue weighted by Crippen LogP contribution is 2.47. The molecule has 39 heavy (non-hydrogen) atoms. The van der Waals surface area contributed by atoms with Gasteiger partial charge >= 0.3 is 5.97 Å². The van der Waals surface area contributed by atoms with Crippen LogP contribution in [0.3, 0.4) is 0 Å². The molecule has 0 bridgehead atoms. The van der Waals surface area contributed by atoms with Gasteiger partial charge in [-0.05, 0) is 77.1 Å². The fourth-order valence-corrected chi connectivity index (χ4v) is 5.38. The van der Waals surface area contributed by atoms with Gasteiger partial charge in [-0.25, -0.2) is 4.79 Å². The van der Waals surface area contributed by atoms with Crippen molar-refractivity contribution < 1.29 is 34.8 Å². The average molecular weight is 536 g/mol. The summed E-state index contributed by atoms with van der Waals surface area (Å²) in [5, 5.41) is 41.7.